The smallest absolute Gasteiger partial charge is 0.224 e. The van der Waals surface area contributed by atoms with E-state index in [1.54, 1.807) is 12.1 Å². The van der Waals surface area contributed by atoms with Crippen molar-refractivity contribution in [3.63, 3.8) is 0 Å². The zero-order valence-corrected chi connectivity index (χ0v) is 13.2. The van der Waals surface area contributed by atoms with Gasteiger partial charge in [-0.3, -0.25) is 4.79 Å². The zero-order valence-electron chi connectivity index (χ0n) is 12.5. The number of hydrogen-bond acceptors (Lipinski definition) is 4. The SMILES string of the molecule is O=C(CCC1CCNCC1)Nc1cc2c(cc1Cl)OCCO2. The van der Waals surface area contributed by atoms with E-state index in [2.05, 4.69) is 10.6 Å². The van der Waals surface area contributed by atoms with Crippen molar-refractivity contribution in [2.75, 3.05) is 31.6 Å². The van der Waals surface area contributed by atoms with Crippen LogP contribution in [-0.2, 0) is 4.79 Å². The molecule has 0 unspecified atom stereocenters. The lowest BCUT2D eigenvalue weighted by Gasteiger charge is -2.22. The second kappa shape index (κ2) is 7.20. The minimum atomic E-state index is -0.00268. The van der Waals surface area contributed by atoms with E-state index in [1.807, 2.05) is 0 Å². The summed E-state index contributed by atoms with van der Waals surface area (Å²) in [5.41, 5.74) is 0.584. The van der Waals surface area contributed by atoms with Gasteiger partial charge in [0.2, 0.25) is 5.91 Å². The first kappa shape index (κ1) is 15.4. The van der Waals surface area contributed by atoms with Crippen LogP contribution >= 0.6 is 11.6 Å². The lowest BCUT2D eigenvalue weighted by molar-refractivity contribution is -0.116. The van der Waals surface area contributed by atoms with E-state index in [1.165, 1.54) is 0 Å². The summed E-state index contributed by atoms with van der Waals surface area (Å²) in [6, 6.07) is 3.43. The van der Waals surface area contributed by atoms with Gasteiger partial charge in [0.05, 0.1) is 10.7 Å². The molecule has 1 amide bonds. The lowest BCUT2D eigenvalue weighted by Crippen LogP contribution is -2.28. The van der Waals surface area contributed by atoms with Crippen LogP contribution in [-0.4, -0.2) is 32.2 Å². The number of ether oxygens (including phenoxy) is 2. The molecule has 0 radical (unpaired) electrons. The Bertz CT molecular complexity index is 544. The third-order valence-corrected chi connectivity index (χ3v) is 4.46. The fourth-order valence-electron chi connectivity index (χ4n) is 2.88. The highest BCUT2D eigenvalue weighted by Crippen LogP contribution is 2.38. The average Bonchev–Trinajstić information content (AvgIpc) is 2.55. The molecular weight excluding hydrogens is 304 g/mol. The molecule has 3 rings (SSSR count). The number of carbonyl (C=O) groups is 1. The summed E-state index contributed by atoms with van der Waals surface area (Å²) in [4.78, 5) is 12.1. The highest BCUT2D eigenvalue weighted by Gasteiger charge is 2.18. The Labute approximate surface area is 135 Å². The number of anilines is 1. The average molecular weight is 325 g/mol. The number of piperidine rings is 1. The molecule has 1 fully saturated rings. The first-order valence-corrected chi connectivity index (χ1v) is 8.20. The topological polar surface area (TPSA) is 59.6 Å². The van der Waals surface area contributed by atoms with Crippen LogP contribution in [0.5, 0.6) is 11.5 Å². The van der Waals surface area contributed by atoms with Crippen LogP contribution in [0.25, 0.3) is 0 Å². The summed E-state index contributed by atoms with van der Waals surface area (Å²) < 4.78 is 11.0. The third-order valence-electron chi connectivity index (χ3n) is 4.14. The molecule has 1 aromatic carbocycles. The van der Waals surface area contributed by atoms with E-state index in [0.29, 0.717) is 47.8 Å². The third kappa shape index (κ3) is 3.84. The highest BCUT2D eigenvalue weighted by molar-refractivity contribution is 6.34. The standard InChI is InChI=1S/C16H21ClN2O3/c17-12-9-14-15(22-8-7-21-14)10-13(12)19-16(20)2-1-11-3-5-18-6-4-11/h9-11,18H,1-8H2,(H,19,20). The molecule has 6 heteroatoms. The molecule has 2 N–H and O–H groups in total. The van der Waals surface area contributed by atoms with Gasteiger partial charge in [-0.05, 0) is 38.3 Å². The van der Waals surface area contributed by atoms with Crippen LogP contribution in [0, 0.1) is 5.92 Å². The van der Waals surface area contributed by atoms with Crippen LogP contribution in [0.1, 0.15) is 25.7 Å². The minimum Gasteiger partial charge on any atom is -0.486 e. The van der Waals surface area contributed by atoms with E-state index in [4.69, 9.17) is 21.1 Å². The van der Waals surface area contributed by atoms with Gasteiger partial charge >= 0.3 is 0 Å². The van der Waals surface area contributed by atoms with Crippen molar-refractivity contribution >= 4 is 23.2 Å². The second-order valence-corrected chi connectivity index (χ2v) is 6.16. The van der Waals surface area contributed by atoms with Gasteiger partial charge in [-0.1, -0.05) is 11.6 Å². The van der Waals surface area contributed by atoms with Crippen LogP contribution < -0.4 is 20.1 Å². The zero-order chi connectivity index (χ0) is 15.4. The number of carbonyl (C=O) groups excluding carboxylic acids is 1. The van der Waals surface area contributed by atoms with Gasteiger partial charge in [-0.25, -0.2) is 0 Å². The van der Waals surface area contributed by atoms with E-state index in [0.717, 1.165) is 32.4 Å². The number of fused-ring (bicyclic) bond motifs is 1. The number of hydrogen-bond donors (Lipinski definition) is 2. The van der Waals surface area contributed by atoms with Crippen LogP contribution in [0.2, 0.25) is 5.02 Å². The number of amides is 1. The molecule has 2 heterocycles. The molecule has 1 aromatic rings. The van der Waals surface area contributed by atoms with Crippen molar-refractivity contribution in [1.29, 1.82) is 0 Å². The summed E-state index contributed by atoms with van der Waals surface area (Å²) >= 11 is 6.20. The van der Waals surface area contributed by atoms with Crippen molar-refractivity contribution in [2.24, 2.45) is 5.92 Å². The summed E-state index contributed by atoms with van der Waals surface area (Å²) in [6.45, 7) is 3.14. The summed E-state index contributed by atoms with van der Waals surface area (Å²) in [7, 11) is 0. The van der Waals surface area contributed by atoms with Crippen LogP contribution in [0.4, 0.5) is 5.69 Å². The molecule has 0 saturated carbocycles. The van der Waals surface area contributed by atoms with E-state index in [9.17, 15) is 4.79 Å². The van der Waals surface area contributed by atoms with Crippen molar-refractivity contribution in [3.8, 4) is 11.5 Å². The van der Waals surface area contributed by atoms with E-state index >= 15 is 0 Å². The largest absolute Gasteiger partial charge is 0.486 e. The molecule has 1 saturated heterocycles. The number of rotatable bonds is 4. The van der Waals surface area contributed by atoms with Gasteiger partial charge in [0.25, 0.3) is 0 Å². The maximum absolute atomic E-state index is 12.1. The van der Waals surface area contributed by atoms with Gasteiger partial charge in [0.15, 0.2) is 11.5 Å². The predicted octanol–water partition coefficient (Wildman–Crippen LogP) is 2.83. The Morgan fingerprint density at radius 1 is 1.23 bits per heavy atom. The molecular formula is C16H21ClN2O3. The number of benzene rings is 1. The molecule has 2 aliphatic rings. The van der Waals surface area contributed by atoms with Crippen molar-refractivity contribution in [2.45, 2.75) is 25.7 Å². The van der Waals surface area contributed by atoms with E-state index < -0.39 is 0 Å². The Morgan fingerprint density at radius 3 is 2.64 bits per heavy atom. The van der Waals surface area contributed by atoms with Crippen molar-refractivity contribution in [1.82, 2.24) is 5.32 Å². The Balaban J connectivity index is 1.56. The monoisotopic (exact) mass is 324 g/mol. The molecule has 0 bridgehead atoms. The van der Waals surface area contributed by atoms with Gasteiger partial charge < -0.3 is 20.1 Å². The number of halogens is 1. The lowest BCUT2D eigenvalue weighted by atomic mass is 9.93. The molecule has 5 nitrogen and oxygen atoms in total. The Hall–Kier alpha value is -1.46. The van der Waals surface area contributed by atoms with Gasteiger partial charge in [0, 0.05) is 18.6 Å². The molecule has 0 spiro atoms. The first-order valence-electron chi connectivity index (χ1n) is 7.82. The molecule has 120 valence electrons. The molecule has 0 aliphatic carbocycles. The maximum atomic E-state index is 12.1. The predicted molar refractivity (Wildman–Crippen MR) is 85.9 cm³/mol. The fourth-order valence-corrected chi connectivity index (χ4v) is 3.08. The second-order valence-electron chi connectivity index (χ2n) is 5.76. The summed E-state index contributed by atoms with van der Waals surface area (Å²) in [6.07, 6.45) is 3.75. The van der Waals surface area contributed by atoms with Crippen LogP contribution in [0.15, 0.2) is 12.1 Å². The van der Waals surface area contributed by atoms with Gasteiger partial charge in [0.1, 0.15) is 13.2 Å². The summed E-state index contributed by atoms with van der Waals surface area (Å²) in [5, 5.41) is 6.68. The molecule has 0 aromatic heterocycles. The first-order chi connectivity index (χ1) is 10.7. The fraction of sp³-hybridized carbons (Fsp3) is 0.562. The summed E-state index contributed by atoms with van der Waals surface area (Å²) in [5.74, 6) is 1.90. The minimum absolute atomic E-state index is 0.00268. The van der Waals surface area contributed by atoms with E-state index in [-0.39, 0.29) is 5.91 Å². The van der Waals surface area contributed by atoms with Crippen molar-refractivity contribution in [3.05, 3.63) is 17.2 Å². The normalized spacial score (nSPS) is 18.0. The Morgan fingerprint density at radius 2 is 1.91 bits per heavy atom. The Kier molecular flexibility index (Phi) is 5.05. The van der Waals surface area contributed by atoms with Crippen LogP contribution in [0.3, 0.4) is 0 Å². The van der Waals surface area contributed by atoms with Crippen molar-refractivity contribution < 1.29 is 14.3 Å². The molecule has 2 aliphatic heterocycles. The molecule has 0 atom stereocenters. The molecule has 22 heavy (non-hydrogen) atoms. The quantitative estimate of drug-likeness (QED) is 0.894. The highest BCUT2D eigenvalue weighted by atomic mass is 35.5. The van der Waals surface area contributed by atoms with Gasteiger partial charge in [-0.15, -0.1) is 0 Å². The van der Waals surface area contributed by atoms with Gasteiger partial charge in [-0.2, -0.15) is 0 Å². The maximum Gasteiger partial charge on any atom is 0.224 e. The number of nitrogens with one attached hydrogen (secondary N) is 2.